The Labute approximate surface area is 177 Å². The summed E-state index contributed by atoms with van der Waals surface area (Å²) in [6.07, 6.45) is 3.49. The van der Waals surface area contributed by atoms with Crippen LogP contribution < -0.4 is 5.43 Å². The molecule has 6 heteroatoms. The fraction of sp³-hybridized carbons (Fsp3) is 0.217. The highest BCUT2D eigenvalue weighted by Crippen LogP contribution is 2.30. The third-order valence-corrected chi connectivity index (χ3v) is 6.11. The van der Waals surface area contributed by atoms with Crippen molar-refractivity contribution in [2.75, 3.05) is 13.1 Å². The Bertz CT molecular complexity index is 1160. The lowest BCUT2D eigenvalue weighted by molar-refractivity contribution is 0.0750. The molecule has 0 atom stereocenters. The van der Waals surface area contributed by atoms with E-state index in [1.807, 2.05) is 35.3 Å². The Morgan fingerprint density at radius 1 is 1.00 bits per heavy atom. The molecule has 1 aliphatic heterocycles. The summed E-state index contributed by atoms with van der Waals surface area (Å²) in [6, 6.07) is 18.1. The lowest BCUT2D eigenvalue weighted by Gasteiger charge is -2.26. The van der Waals surface area contributed by atoms with E-state index in [0.29, 0.717) is 5.56 Å². The average molecular weight is 449 g/mol. The van der Waals surface area contributed by atoms with E-state index in [-0.39, 0.29) is 5.91 Å². The normalized spacial score (nSPS) is 15.1. The van der Waals surface area contributed by atoms with Gasteiger partial charge in [0.05, 0.1) is 11.0 Å². The number of imidazole rings is 1. The van der Waals surface area contributed by atoms with E-state index in [1.54, 1.807) is 0 Å². The minimum absolute atomic E-state index is 0.0741. The summed E-state index contributed by atoms with van der Waals surface area (Å²) in [5.41, 5.74) is 6.50. The fourth-order valence-corrected chi connectivity index (χ4v) is 4.45. The third-order valence-electron chi connectivity index (χ3n) is 5.45. The SMILES string of the molecule is O=C(NN1CCCCC1)c1ccc(-c2nc3cc4ccccc4cc3[nH]2)c(Br)c1. The minimum Gasteiger partial charge on any atom is -0.338 e. The highest BCUT2D eigenvalue weighted by atomic mass is 79.9. The number of carbonyl (C=O) groups excluding carboxylic acids is 1. The van der Waals surface area contributed by atoms with Gasteiger partial charge >= 0.3 is 0 Å². The Hall–Kier alpha value is -2.70. The Morgan fingerprint density at radius 2 is 1.76 bits per heavy atom. The predicted molar refractivity (Wildman–Crippen MR) is 120 cm³/mol. The maximum absolute atomic E-state index is 12.6. The molecular weight excluding hydrogens is 428 g/mol. The van der Waals surface area contributed by atoms with E-state index < -0.39 is 0 Å². The molecule has 5 nitrogen and oxygen atoms in total. The second-order valence-corrected chi connectivity index (χ2v) is 8.34. The van der Waals surface area contributed by atoms with E-state index in [2.05, 4.69) is 50.6 Å². The first kappa shape index (κ1) is 18.3. The number of carbonyl (C=O) groups is 1. The van der Waals surface area contributed by atoms with Gasteiger partial charge < -0.3 is 4.98 Å². The molecule has 1 fully saturated rings. The number of aromatic nitrogens is 2. The van der Waals surface area contributed by atoms with Crippen LogP contribution in [0.5, 0.6) is 0 Å². The summed E-state index contributed by atoms with van der Waals surface area (Å²) >= 11 is 3.62. The van der Waals surface area contributed by atoms with Crippen LogP contribution in [0.1, 0.15) is 29.6 Å². The van der Waals surface area contributed by atoms with Crippen LogP contribution in [0.4, 0.5) is 0 Å². The lowest BCUT2D eigenvalue weighted by Crippen LogP contribution is -2.45. The molecule has 2 N–H and O–H groups in total. The van der Waals surface area contributed by atoms with Crippen molar-refractivity contribution in [3.05, 3.63) is 64.6 Å². The molecule has 4 aromatic rings. The molecule has 29 heavy (non-hydrogen) atoms. The molecule has 1 aromatic heterocycles. The molecular formula is C23H21BrN4O. The zero-order chi connectivity index (χ0) is 19.8. The van der Waals surface area contributed by atoms with E-state index in [1.165, 1.54) is 17.2 Å². The van der Waals surface area contributed by atoms with Crippen molar-refractivity contribution in [2.45, 2.75) is 19.3 Å². The maximum atomic E-state index is 12.6. The van der Waals surface area contributed by atoms with Crippen LogP contribution in [0.25, 0.3) is 33.2 Å². The van der Waals surface area contributed by atoms with Crippen LogP contribution in [0, 0.1) is 0 Å². The smallest absolute Gasteiger partial charge is 0.265 e. The number of nitrogens with one attached hydrogen (secondary N) is 2. The summed E-state index contributed by atoms with van der Waals surface area (Å²) in [7, 11) is 0. The number of hydrogen-bond acceptors (Lipinski definition) is 3. The van der Waals surface area contributed by atoms with Gasteiger partial charge in [-0.2, -0.15) is 0 Å². The van der Waals surface area contributed by atoms with Crippen molar-refractivity contribution < 1.29 is 4.79 Å². The molecule has 0 bridgehead atoms. The maximum Gasteiger partial charge on any atom is 0.265 e. The first-order valence-corrected chi connectivity index (χ1v) is 10.7. The zero-order valence-corrected chi connectivity index (χ0v) is 17.5. The van der Waals surface area contributed by atoms with Gasteiger partial charge in [0.2, 0.25) is 0 Å². The molecule has 5 rings (SSSR count). The topological polar surface area (TPSA) is 61.0 Å². The number of aromatic amines is 1. The number of benzene rings is 3. The van der Waals surface area contributed by atoms with Gasteiger partial charge in [0.1, 0.15) is 5.82 Å². The number of nitrogens with zero attached hydrogens (tertiary/aromatic N) is 2. The van der Waals surface area contributed by atoms with E-state index in [4.69, 9.17) is 4.98 Å². The van der Waals surface area contributed by atoms with Crippen molar-refractivity contribution in [2.24, 2.45) is 0 Å². The molecule has 146 valence electrons. The Balaban J connectivity index is 1.43. The average Bonchev–Trinajstić information content (AvgIpc) is 3.15. The van der Waals surface area contributed by atoms with Gasteiger partial charge in [-0.1, -0.05) is 46.6 Å². The summed E-state index contributed by atoms with van der Waals surface area (Å²) in [6.45, 7) is 1.83. The molecule has 1 aliphatic rings. The third kappa shape index (κ3) is 3.66. The number of rotatable bonds is 3. The summed E-state index contributed by atoms with van der Waals surface area (Å²) < 4.78 is 0.840. The van der Waals surface area contributed by atoms with Gasteiger partial charge in [0.25, 0.3) is 5.91 Å². The highest BCUT2D eigenvalue weighted by molar-refractivity contribution is 9.10. The second kappa shape index (κ2) is 7.61. The number of hydrazine groups is 1. The van der Waals surface area contributed by atoms with E-state index in [9.17, 15) is 4.79 Å². The van der Waals surface area contributed by atoms with Crippen LogP contribution in [0.3, 0.4) is 0 Å². The largest absolute Gasteiger partial charge is 0.338 e. The molecule has 0 saturated carbocycles. The lowest BCUT2D eigenvalue weighted by atomic mass is 10.1. The summed E-state index contributed by atoms with van der Waals surface area (Å²) in [5, 5.41) is 4.36. The van der Waals surface area contributed by atoms with Crippen molar-refractivity contribution in [1.29, 1.82) is 0 Å². The molecule has 2 heterocycles. The van der Waals surface area contributed by atoms with Crippen LogP contribution in [-0.4, -0.2) is 34.0 Å². The van der Waals surface area contributed by atoms with Gasteiger partial charge in [-0.3, -0.25) is 10.2 Å². The highest BCUT2D eigenvalue weighted by Gasteiger charge is 2.16. The van der Waals surface area contributed by atoms with Crippen molar-refractivity contribution in [3.8, 4) is 11.4 Å². The zero-order valence-electron chi connectivity index (χ0n) is 15.9. The van der Waals surface area contributed by atoms with E-state index >= 15 is 0 Å². The van der Waals surface area contributed by atoms with Crippen molar-refractivity contribution >= 4 is 43.6 Å². The quantitative estimate of drug-likeness (QED) is 0.448. The Morgan fingerprint density at radius 3 is 2.52 bits per heavy atom. The molecule has 0 spiro atoms. The number of H-pyrrole nitrogens is 1. The molecule has 0 unspecified atom stereocenters. The standard InChI is InChI=1S/C23H21BrN4O/c24-19-12-17(23(29)27-28-10-4-1-5-11-28)8-9-18(19)22-25-20-13-15-6-2-3-7-16(15)14-21(20)26-22/h2-3,6-9,12-14H,1,4-5,10-11H2,(H,25,26)(H,27,29). The van der Waals surface area contributed by atoms with Gasteiger partial charge in [0, 0.05) is 28.7 Å². The van der Waals surface area contributed by atoms with Crippen LogP contribution >= 0.6 is 15.9 Å². The molecule has 1 saturated heterocycles. The number of halogens is 1. The predicted octanol–water partition coefficient (Wildman–Crippen LogP) is 5.28. The van der Waals surface area contributed by atoms with Gasteiger partial charge in [-0.15, -0.1) is 0 Å². The number of amides is 1. The second-order valence-electron chi connectivity index (χ2n) is 7.49. The van der Waals surface area contributed by atoms with Gasteiger partial charge in [-0.25, -0.2) is 9.99 Å². The monoisotopic (exact) mass is 448 g/mol. The molecule has 3 aromatic carbocycles. The summed E-state index contributed by atoms with van der Waals surface area (Å²) in [5.74, 6) is 0.708. The van der Waals surface area contributed by atoms with Gasteiger partial charge in [0.15, 0.2) is 0 Å². The molecule has 0 radical (unpaired) electrons. The minimum atomic E-state index is -0.0741. The number of hydrogen-bond donors (Lipinski definition) is 2. The number of piperidine rings is 1. The van der Waals surface area contributed by atoms with Crippen LogP contribution in [0.15, 0.2) is 59.1 Å². The van der Waals surface area contributed by atoms with E-state index in [0.717, 1.165) is 52.8 Å². The first-order valence-electron chi connectivity index (χ1n) is 9.92. The summed E-state index contributed by atoms with van der Waals surface area (Å²) in [4.78, 5) is 20.8. The van der Waals surface area contributed by atoms with Gasteiger partial charge in [-0.05, 0) is 53.9 Å². The Kier molecular flexibility index (Phi) is 4.81. The van der Waals surface area contributed by atoms with Crippen LogP contribution in [-0.2, 0) is 0 Å². The van der Waals surface area contributed by atoms with Crippen molar-refractivity contribution in [3.63, 3.8) is 0 Å². The number of fused-ring (bicyclic) bond motifs is 2. The fourth-order valence-electron chi connectivity index (χ4n) is 3.89. The molecule has 1 amide bonds. The first-order chi connectivity index (χ1) is 14.2. The van der Waals surface area contributed by atoms with Crippen molar-refractivity contribution in [1.82, 2.24) is 20.4 Å². The molecule has 0 aliphatic carbocycles. The van der Waals surface area contributed by atoms with Crippen LogP contribution in [0.2, 0.25) is 0 Å².